The van der Waals surface area contributed by atoms with Gasteiger partial charge >= 0.3 is 6.18 Å². The molecule has 38 heavy (non-hydrogen) atoms. The van der Waals surface area contributed by atoms with Gasteiger partial charge in [0.1, 0.15) is 10.2 Å². The largest absolute Gasteiger partial charge is 0.419 e. The number of amides is 2. The van der Waals surface area contributed by atoms with Crippen LogP contribution in [0.3, 0.4) is 0 Å². The molecule has 0 spiro atoms. The van der Waals surface area contributed by atoms with Crippen molar-refractivity contribution in [3.05, 3.63) is 88.0 Å². The molecule has 2 atom stereocenters. The number of pyridine rings is 1. The first kappa shape index (κ1) is 28.0. The van der Waals surface area contributed by atoms with Crippen molar-refractivity contribution < 1.29 is 35.9 Å². The van der Waals surface area contributed by atoms with E-state index in [2.05, 4.69) is 15.6 Å². The van der Waals surface area contributed by atoms with Gasteiger partial charge in [0.2, 0.25) is 11.9 Å². The topological polar surface area (TPSA) is 71.1 Å². The average molecular weight is 597 g/mol. The summed E-state index contributed by atoms with van der Waals surface area (Å²) in [5.74, 6) is -7.24. The third-order valence-electron chi connectivity index (χ3n) is 5.82. The number of nitrogens with one attached hydrogen (secondary N) is 2. The Hall–Kier alpha value is -3.02. The smallest absolute Gasteiger partial charge is 0.326 e. The Kier molecular flexibility index (Phi) is 7.57. The number of halogens is 9. The summed E-state index contributed by atoms with van der Waals surface area (Å²) in [5, 5.41) is 4.99. The summed E-state index contributed by atoms with van der Waals surface area (Å²) < 4.78 is 77.7. The normalized spacial score (nSPS) is 18.1. The van der Waals surface area contributed by atoms with Crippen LogP contribution in [0.25, 0.3) is 0 Å². The molecule has 0 radical (unpaired) electrons. The first-order chi connectivity index (χ1) is 17.7. The first-order valence-corrected chi connectivity index (χ1v) is 11.8. The standard InChI is InChI=1S/C24H14Cl3F6N3O2/c25-15-3-2-12(7-18(15)36-22(38)11-6-17(29)21(30)34-9-11)35-19(37)8-14-20(23(14,26)27)10-1-4-16(28)13(5-10)24(31,32)33/h1-7,9,14,20H,8H2,(H,35,37)(H,36,38)/t14-,20-/m1/s1. The number of carbonyl (C=O) groups excluding carboxylic acids is 2. The van der Waals surface area contributed by atoms with Gasteiger partial charge in [0.05, 0.1) is 21.8 Å². The lowest BCUT2D eigenvalue weighted by Crippen LogP contribution is -2.15. The van der Waals surface area contributed by atoms with Crippen LogP contribution in [0.5, 0.6) is 0 Å². The lowest BCUT2D eigenvalue weighted by molar-refractivity contribution is -0.140. The van der Waals surface area contributed by atoms with E-state index in [1.165, 1.54) is 18.2 Å². The van der Waals surface area contributed by atoms with Gasteiger partial charge in [-0.15, -0.1) is 23.2 Å². The number of aromatic nitrogens is 1. The maximum Gasteiger partial charge on any atom is 0.419 e. The second-order valence-electron chi connectivity index (χ2n) is 8.39. The van der Waals surface area contributed by atoms with Crippen LogP contribution in [0.1, 0.15) is 33.8 Å². The molecule has 2 aromatic carbocycles. The van der Waals surface area contributed by atoms with E-state index < -0.39 is 57.3 Å². The van der Waals surface area contributed by atoms with Crippen molar-refractivity contribution in [3.63, 3.8) is 0 Å². The Labute approximate surface area is 226 Å². The fourth-order valence-electron chi connectivity index (χ4n) is 3.90. The maximum absolute atomic E-state index is 13.6. The number of benzene rings is 2. The molecule has 1 aliphatic carbocycles. The Balaban J connectivity index is 1.44. The molecule has 2 amide bonds. The third-order valence-corrected chi connectivity index (χ3v) is 7.18. The van der Waals surface area contributed by atoms with Crippen molar-refractivity contribution in [2.24, 2.45) is 5.92 Å². The number of hydrogen-bond donors (Lipinski definition) is 2. The highest BCUT2D eigenvalue weighted by Crippen LogP contribution is 2.66. The van der Waals surface area contributed by atoms with Gasteiger partial charge < -0.3 is 10.6 Å². The molecule has 4 rings (SSSR count). The lowest BCUT2D eigenvalue weighted by Gasteiger charge is -2.11. The highest BCUT2D eigenvalue weighted by Gasteiger charge is 2.64. The molecule has 1 saturated carbocycles. The molecule has 1 heterocycles. The Bertz CT molecular complexity index is 1430. The Morgan fingerprint density at radius 3 is 2.34 bits per heavy atom. The van der Waals surface area contributed by atoms with E-state index in [0.29, 0.717) is 18.2 Å². The molecule has 0 saturated heterocycles. The van der Waals surface area contributed by atoms with Crippen LogP contribution in [-0.2, 0) is 11.0 Å². The van der Waals surface area contributed by atoms with Gasteiger partial charge in [-0.2, -0.15) is 17.6 Å². The molecular weight excluding hydrogens is 583 g/mol. The molecule has 14 heteroatoms. The van der Waals surface area contributed by atoms with Crippen molar-refractivity contribution in [3.8, 4) is 0 Å². The Morgan fingerprint density at radius 2 is 1.68 bits per heavy atom. The van der Waals surface area contributed by atoms with Crippen molar-refractivity contribution in [2.45, 2.75) is 22.8 Å². The van der Waals surface area contributed by atoms with Crippen molar-refractivity contribution in [1.29, 1.82) is 0 Å². The highest BCUT2D eigenvalue weighted by atomic mass is 35.5. The van der Waals surface area contributed by atoms with Crippen LogP contribution in [0, 0.1) is 23.5 Å². The van der Waals surface area contributed by atoms with Gasteiger partial charge in [0.25, 0.3) is 5.91 Å². The third kappa shape index (κ3) is 5.84. The predicted octanol–water partition coefficient (Wildman–Crippen LogP) is 7.34. The minimum Gasteiger partial charge on any atom is -0.326 e. The average Bonchev–Trinajstić information content (AvgIpc) is 3.36. The number of carbonyl (C=O) groups is 2. The quantitative estimate of drug-likeness (QED) is 0.178. The zero-order valence-corrected chi connectivity index (χ0v) is 20.9. The zero-order valence-electron chi connectivity index (χ0n) is 18.6. The van der Waals surface area contributed by atoms with Gasteiger partial charge in [-0.25, -0.2) is 13.8 Å². The molecule has 5 nitrogen and oxygen atoms in total. The van der Waals surface area contributed by atoms with Crippen molar-refractivity contribution in [1.82, 2.24) is 4.98 Å². The van der Waals surface area contributed by atoms with Crippen LogP contribution in [0.4, 0.5) is 37.7 Å². The van der Waals surface area contributed by atoms with Crippen LogP contribution in [0.2, 0.25) is 5.02 Å². The van der Waals surface area contributed by atoms with Crippen LogP contribution >= 0.6 is 34.8 Å². The maximum atomic E-state index is 13.6. The summed E-state index contributed by atoms with van der Waals surface area (Å²) in [4.78, 5) is 28.1. The summed E-state index contributed by atoms with van der Waals surface area (Å²) in [7, 11) is 0. The second kappa shape index (κ2) is 10.3. The van der Waals surface area contributed by atoms with E-state index in [9.17, 15) is 35.9 Å². The number of alkyl halides is 5. The number of nitrogens with zero attached hydrogens (tertiary/aromatic N) is 1. The van der Waals surface area contributed by atoms with Gasteiger partial charge in [0.15, 0.2) is 5.82 Å². The van der Waals surface area contributed by atoms with Crippen LogP contribution in [-0.4, -0.2) is 21.1 Å². The van der Waals surface area contributed by atoms with Gasteiger partial charge in [-0.3, -0.25) is 9.59 Å². The van der Waals surface area contributed by atoms with E-state index in [-0.39, 0.29) is 33.9 Å². The SMILES string of the molecule is O=C(C[C@@H]1[C@@H](c2ccc(F)c(C(F)(F)F)c2)C1(Cl)Cl)Nc1ccc(Cl)c(NC(=O)c2cnc(F)c(F)c2)c1. The van der Waals surface area contributed by atoms with Gasteiger partial charge in [-0.1, -0.05) is 17.7 Å². The molecule has 2 N–H and O–H groups in total. The van der Waals surface area contributed by atoms with Crippen molar-refractivity contribution in [2.75, 3.05) is 10.6 Å². The molecule has 1 aliphatic rings. The molecule has 0 unspecified atom stereocenters. The van der Waals surface area contributed by atoms with Gasteiger partial charge in [-0.05, 0) is 42.0 Å². The summed E-state index contributed by atoms with van der Waals surface area (Å²) >= 11 is 18.5. The molecule has 1 aromatic heterocycles. The number of rotatable bonds is 6. The zero-order chi connectivity index (χ0) is 28.0. The summed E-state index contributed by atoms with van der Waals surface area (Å²) in [6.45, 7) is 0. The lowest BCUT2D eigenvalue weighted by atomic mass is 10.0. The molecule has 1 fully saturated rings. The van der Waals surface area contributed by atoms with E-state index in [1.807, 2.05) is 0 Å². The molecule has 0 aliphatic heterocycles. The highest BCUT2D eigenvalue weighted by molar-refractivity contribution is 6.52. The Morgan fingerprint density at radius 1 is 0.974 bits per heavy atom. The molecule has 3 aromatic rings. The molecule has 0 bridgehead atoms. The van der Waals surface area contributed by atoms with E-state index in [1.54, 1.807) is 0 Å². The monoisotopic (exact) mass is 595 g/mol. The van der Waals surface area contributed by atoms with Crippen LogP contribution < -0.4 is 10.6 Å². The van der Waals surface area contributed by atoms with E-state index in [4.69, 9.17) is 34.8 Å². The van der Waals surface area contributed by atoms with E-state index >= 15 is 0 Å². The van der Waals surface area contributed by atoms with Crippen LogP contribution in [0.15, 0.2) is 48.7 Å². The molecular formula is C24H14Cl3F6N3O2. The minimum atomic E-state index is -4.92. The first-order valence-electron chi connectivity index (χ1n) is 10.6. The number of hydrogen-bond acceptors (Lipinski definition) is 3. The van der Waals surface area contributed by atoms with Crippen molar-refractivity contribution >= 4 is 58.0 Å². The minimum absolute atomic E-state index is 0.0264. The fourth-order valence-corrected chi connectivity index (χ4v) is 4.90. The predicted molar refractivity (Wildman–Crippen MR) is 129 cm³/mol. The number of anilines is 2. The summed E-state index contributed by atoms with van der Waals surface area (Å²) in [6.07, 6.45) is -4.39. The van der Waals surface area contributed by atoms with E-state index in [0.717, 1.165) is 12.3 Å². The second-order valence-corrected chi connectivity index (χ2v) is 10.2. The fraction of sp³-hybridized carbons (Fsp3) is 0.208. The summed E-state index contributed by atoms with van der Waals surface area (Å²) in [5.41, 5.74) is -1.53. The molecule has 200 valence electrons. The van der Waals surface area contributed by atoms with Gasteiger partial charge in [0, 0.05) is 30.1 Å². The summed E-state index contributed by atoms with van der Waals surface area (Å²) in [6, 6.07) is 7.10.